The van der Waals surface area contributed by atoms with Crippen LogP contribution in [0.1, 0.15) is 5.56 Å². The van der Waals surface area contributed by atoms with Gasteiger partial charge >= 0.3 is 0 Å². The Balaban J connectivity index is 2.97. The lowest BCUT2D eigenvalue weighted by Crippen LogP contribution is -1.90. The van der Waals surface area contributed by atoms with Gasteiger partial charge in [0.25, 0.3) is 0 Å². The number of hydrogen-bond acceptors (Lipinski definition) is 3. The van der Waals surface area contributed by atoms with Crippen molar-refractivity contribution < 1.29 is 9.84 Å². The molecule has 0 aliphatic heterocycles. The van der Waals surface area contributed by atoms with Crippen LogP contribution in [0.25, 0.3) is 0 Å². The van der Waals surface area contributed by atoms with Crippen LogP contribution < -0.4 is 4.74 Å². The summed E-state index contributed by atoms with van der Waals surface area (Å²) in [6.45, 7) is 0. The molecule has 0 aliphatic rings. The first kappa shape index (κ1) is 9.26. The molecule has 1 N–H and O–H groups in total. The van der Waals surface area contributed by atoms with Gasteiger partial charge in [-0.15, -0.1) is 0 Å². The van der Waals surface area contributed by atoms with Crippen molar-refractivity contribution in [2.75, 3.05) is 12.9 Å². The van der Waals surface area contributed by atoms with Gasteiger partial charge in [0.15, 0.2) is 11.5 Å². The highest BCUT2D eigenvalue weighted by atomic mass is 32.1. The molecule has 1 rings (SSSR count). The molecular formula is C9H12O2S. The molecule has 0 heterocycles. The Morgan fingerprint density at radius 1 is 1.50 bits per heavy atom. The molecule has 0 unspecified atom stereocenters. The number of phenols is 1. The molecule has 0 aromatic heterocycles. The van der Waals surface area contributed by atoms with Gasteiger partial charge in [0, 0.05) is 0 Å². The molecule has 1 aromatic rings. The first-order valence-electron chi connectivity index (χ1n) is 3.75. The topological polar surface area (TPSA) is 29.5 Å². The third kappa shape index (κ3) is 1.85. The Bertz CT molecular complexity index is 261. The molecule has 3 heteroatoms. The molecule has 1 aromatic carbocycles. The minimum Gasteiger partial charge on any atom is -0.504 e. The minimum absolute atomic E-state index is 0.231. The van der Waals surface area contributed by atoms with E-state index in [0.717, 1.165) is 17.7 Å². The Morgan fingerprint density at radius 2 is 2.25 bits per heavy atom. The zero-order valence-corrected chi connectivity index (χ0v) is 7.84. The summed E-state index contributed by atoms with van der Waals surface area (Å²) in [6, 6.07) is 5.46. The number of benzene rings is 1. The number of phenolic OH excluding ortho intramolecular Hbond substituents is 1. The van der Waals surface area contributed by atoms with Crippen LogP contribution in [0.5, 0.6) is 11.5 Å². The van der Waals surface area contributed by atoms with Gasteiger partial charge in [0.2, 0.25) is 0 Å². The van der Waals surface area contributed by atoms with E-state index in [0.29, 0.717) is 5.75 Å². The summed E-state index contributed by atoms with van der Waals surface area (Å²) in [6.07, 6.45) is 0.756. The number of para-hydroxylation sites is 1. The predicted octanol–water partition coefficient (Wildman–Crippen LogP) is 1.87. The first-order valence-corrected chi connectivity index (χ1v) is 4.38. The van der Waals surface area contributed by atoms with E-state index < -0.39 is 0 Å². The molecular weight excluding hydrogens is 172 g/mol. The summed E-state index contributed by atoms with van der Waals surface area (Å²) in [5.41, 5.74) is 0.879. The van der Waals surface area contributed by atoms with Crippen LogP contribution in [-0.4, -0.2) is 18.0 Å². The molecule has 2 nitrogen and oxygen atoms in total. The third-order valence-electron chi connectivity index (χ3n) is 1.68. The molecule has 0 amide bonds. The van der Waals surface area contributed by atoms with Gasteiger partial charge in [-0.05, 0) is 23.8 Å². The maximum atomic E-state index is 9.56. The standard InChI is InChI=1S/C9H12O2S/c1-11-8-4-2-3-7(5-6-12)9(8)10/h2-4,10,12H,5-6H2,1H3. The van der Waals surface area contributed by atoms with Crippen molar-refractivity contribution in [1.29, 1.82) is 0 Å². The maximum absolute atomic E-state index is 9.56. The van der Waals surface area contributed by atoms with Crippen LogP contribution in [0.2, 0.25) is 0 Å². The van der Waals surface area contributed by atoms with Gasteiger partial charge in [-0.3, -0.25) is 0 Å². The monoisotopic (exact) mass is 184 g/mol. The second kappa shape index (κ2) is 4.26. The molecule has 0 spiro atoms. The lowest BCUT2D eigenvalue weighted by atomic mass is 10.1. The van der Waals surface area contributed by atoms with Crippen molar-refractivity contribution >= 4 is 12.6 Å². The van der Waals surface area contributed by atoms with Crippen molar-refractivity contribution in [3.05, 3.63) is 23.8 Å². The van der Waals surface area contributed by atoms with Crippen LogP contribution in [-0.2, 0) is 6.42 Å². The van der Waals surface area contributed by atoms with E-state index in [4.69, 9.17) is 4.74 Å². The molecule has 0 saturated carbocycles. The van der Waals surface area contributed by atoms with Crippen molar-refractivity contribution in [2.24, 2.45) is 0 Å². The fourth-order valence-corrected chi connectivity index (χ4v) is 1.30. The van der Waals surface area contributed by atoms with Gasteiger partial charge in [0.1, 0.15) is 0 Å². The Kier molecular flexibility index (Phi) is 3.29. The van der Waals surface area contributed by atoms with Gasteiger partial charge in [0.05, 0.1) is 7.11 Å². The number of aryl methyl sites for hydroxylation is 1. The highest BCUT2D eigenvalue weighted by Gasteiger charge is 2.05. The zero-order valence-electron chi connectivity index (χ0n) is 6.95. The highest BCUT2D eigenvalue weighted by molar-refractivity contribution is 7.80. The SMILES string of the molecule is COc1cccc(CCS)c1O. The average molecular weight is 184 g/mol. The molecule has 0 bridgehead atoms. The molecule has 0 aliphatic carbocycles. The second-order valence-corrected chi connectivity index (χ2v) is 2.89. The fraction of sp³-hybridized carbons (Fsp3) is 0.333. The normalized spacial score (nSPS) is 9.83. The summed E-state index contributed by atoms with van der Waals surface area (Å²) in [5.74, 6) is 1.48. The van der Waals surface area contributed by atoms with E-state index in [1.165, 1.54) is 0 Å². The smallest absolute Gasteiger partial charge is 0.160 e. The summed E-state index contributed by atoms with van der Waals surface area (Å²) in [4.78, 5) is 0. The summed E-state index contributed by atoms with van der Waals surface area (Å²) >= 11 is 4.09. The van der Waals surface area contributed by atoms with E-state index in [1.54, 1.807) is 13.2 Å². The van der Waals surface area contributed by atoms with E-state index in [-0.39, 0.29) is 5.75 Å². The van der Waals surface area contributed by atoms with Crippen LogP contribution in [0.4, 0.5) is 0 Å². The third-order valence-corrected chi connectivity index (χ3v) is 1.91. The summed E-state index contributed by atoms with van der Waals surface area (Å²) < 4.78 is 4.96. The predicted molar refractivity (Wildman–Crippen MR) is 52.2 cm³/mol. The van der Waals surface area contributed by atoms with Gasteiger partial charge in [-0.25, -0.2) is 0 Å². The van der Waals surface area contributed by atoms with Crippen molar-refractivity contribution in [2.45, 2.75) is 6.42 Å². The van der Waals surface area contributed by atoms with Gasteiger partial charge < -0.3 is 9.84 Å². The average Bonchev–Trinajstić information content (AvgIpc) is 2.09. The highest BCUT2D eigenvalue weighted by Crippen LogP contribution is 2.29. The molecule has 0 saturated heterocycles. The van der Waals surface area contributed by atoms with E-state index >= 15 is 0 Å². The van der Waals surface area contributed by atoms with Crippen LogP contribution in [0.15, 0.2) is 18.2 Å². The van der Waals surface area contributed by atoms with Gasteiger partial charge in [-0.1, -0.05) is 12.1 Å². The van der Waals surface area contributed by atoms with Crippen LogP contribution in [0, 0.1) is 0 Å². The molecule has 0 radical (unpaired) electrons. The Hall–Kier alpha value is -0.830. The van der Waals surface area contributed by atoms with E-state index in [1.807, 2.05) is 12.1 Å². The lowest BCUT2D eigenvalue weighted by Gasteiger charge is -2.06. The van der Waals surface area contributed by atoms with Crippen molar-refractivity contribution in [3.63, 3.8) is 0 Å². The van der Waals surface area contributed by atoms with Gasteiger partial charge in [-0.2, -0.15) is 12.6 Å². The minimum atomic E-state index is 0.231. The second-order valence-electron chi connectivity index (χ2n) is 2.44. The lowest BCUT2D eigenvalue weighted by molar-refractivity contribution is 0.371. The largest absolute Gasteiger partial charge is 0.504 e. The Labute approximate surface area is 77.6 Å². The van der Waals surface area contributed by atoms with E-state index in [9.17, 15) is 5.11 Å². The fourth-order valence-electron chi connectivity index (χ4n) is 1.05. The number of hydrogen-bond donors (Lipinski definition) is 2. The van der Waals surface area contributed by atoms with Crippen LogP contribution in [0.3, 0.4) is 0 Å². The number of ether oxygens (including phenoxy) is 1. The quantitative estimate of drug-likeness (QED) is 0.702. The number of methoxy groups -OCH3 is 1. The summed E-state index contributed by atoms with van der Waals surface area (Å²) in [7, 11) is 1.54. The summed E-state index contributed by atoms with van der Waals surface area (Å²) in [5, 5.41) is 9.56. The van der Waals surface area contributed by atoms with E-state index in [2.05, 4.69) is 12.6 Å². The molecule has 66 valence electrons. The maximum Gasteiger partial charge on any atom is 0.160 e. The van der Waals surface area contributed by atoms with Crippen molar-refractivity contribution in [3.8, 4) is 11.5 Å². The van der Waals surface area contributed by atoms with Crippen molar-refractivity contribution in [1.82, 2.24) is 0 Å². The zero-order chi connectivity index (χ0) is 8.97. The number of aromatic hydroxyl groups is 1. The molecule has 0 atom stereocenters. The van der Waals surface area contributed by atoms with Crippen LogP contribution >= 0.6 is 12.6 Å². The first-order chi connectivity index (χ1) is 5.79. The Morgan fingerprint density at radius 3 is 2.83 bits per heavy atom. The molecule has 12 heavy (non-hydrogen) atoms. The number of rotatable bonds is 3. The number of thiol groups is 1. The molecule has 0 fully saturated rings.